The Morgan fingerprint density at radius 3 is 2.42 bits per heavy atom. The molecule has 1 saturated heterocycles. The normalized spacial score (nSPS) is 19.7. The number of nitrogens with zero attached hydrogens (tertiary/aromatic N) is 1. The van der Waals surface area contributed by atoms with Crippen molar-refractivity contribution in [2.45, 2.75) is 27.2 Å². The van der Waals surface area contributed by atoms with E-state index in [0.717, 1.165) is 11.1 Å². The molecule has 0 saturated carbocycles. The molecule has 0 radical (unpaired) electrons. The van der Waals surface area contributed by atoms with Crippen molar-refractivity contribution in [1.29, 1.82) is 0 Å². The van der Waals surface area contributed by atoms with E-state index < -0.39 is 0 Å². The Balaban J connectivity index is 1.85. The molecule has 3 rings (SSSR count). The second kappa shape index (κ2) is 7.12. The molecule has 0 bridgehead atoms. The molecule has 2 aromatic rings. The number of carbonyl (C=O) groups is 3. The van der Waals surface area contributed by atoms with Gasteiger partial charge in [-0.05, 0) is 37.1 Å². The van der Waals surface area contributed by atoms with Crippen molar-refractivity contribution < 1.29 is 14.4 Å². The SMILES string of the molecule is CC(=O)Nc1cccc(N2C(=O)[C@H](C)[C@@H](Cc3ccc(C)cc3)C2=O)c1. The number of nitrogens with one attached hydrogen (secondary N) is 1. The first-order valence-corrected chi connectivity index (χ1v) is 8.68. The number of carbonyl (C=O) groups excluding carboxylic acids is 3. The fourth-order valence-corrected chi connectivity index (χ4v) is 3.29. The number of amides is 3. The van der Waals surface area contributed by atoms with Gasteiger partial charge in [0.05, 0.1) is 11.6 Å². The van der Waals surface area contributed by atoms with Crippen LogP contribution in [0, 0.1) is 18.8 Å². The highest BCUT2D eigenvalue weighted by molar-refractivity contribution is 6.22. The average molecular weight is 350 g/mol. The number of aryl methyl sites for hydroxylation is 1. The Kier molecular flexibility index (Phi) is 4.89. The largest absolute Gasteiger partial charge is 0.326 e. The molecule has 134 valence electrons. The first-order chi connectivity index (χ1) is 12.4. The number of hydrogen-bond donors (Lipinski definition) is 1. The molecule has 1 aliphatic heterocycles. The molecule has 0 unspecified atom stereocenters. The maximum Gasteiger partial charge on any atom is 0.238 e. The number of hydrogen-bond acceptors (Lipinski definition) is 3. The number of rotatable bonds is 4. The van der Waals surface area contributed by atoms with Gasteiger partial charge in [-0.25, -0.2) is 4.90 Å². The summed E-state index contributed by atoms with van der Waals surface area (Å²) in [4.78, 5) is 38.2. The maximum absolute atomic E-state index is 12.9. The second-order valence-corrected chi connectivity index (χ2v) is 6.83. The maximum atomic E-state index is 12.9. The van der Waals surface area contributed by atoms with Gasteiger partial charge in [0.2, 0.25) is 17.7 Å². The van der Waals surface area contributed by atoms with Gasteiger partial charge < -0.3 is 5.32 Å². The van der Waals surface area contributed by atoms with Crippen LogP contribution in [0.3, 0.4) is 0 Å². The van der Waals surface area contributed by atoms with Crippen molar-refractivity contribution in [2.75, 3.05) is 10.2 Å². The van der Waals surface area contributed by atoms with Gasteiger partial charge >= 0.3 is 0 Å². The van der Waals surface area contributed by atoms with Crippen LogP contribution >= 0.6 is 0 Å². The standard InChI is InChI=1S/C21H22N2O3/c1-13-7-9-16(10-8-13)11-19-14(2)20(25)23(21(19)26)18-6-4-5-17(12-18)22-15(3)24/h4-10,12,14,19H,11H2,1-3H3,(H,22,24)/t14-,19-/m1/s1. The zero-order valence-electron chi connectivity index (χ0n) is 15.2. The average Bonchev–Trinajstić information content (AvgIpc) is 2.80. The molecule has 5 nitrogen and oxygen atoms in total. The van der Waals surface area contributed by atoms with Crippen LogP contribution in [0.2, 0.25) is 0 Å². The summed E-state index contributed by atoms with van der Waals surface area (Å²) in [6.07, 6.45) is 0.536. The molecule has 1 aliphatic rings. The minimum absolute atomic E-state index is 0.192. The Hall–Kier alpha value is -2.95. The Morgan fingerprint density at radius 2 is 1.77 bits per heavy atom. The highest BCUT2D eigenvalue weighted by atomic mass is 16.2. The van der Waals surface area contributed by atoms with Crippen molar-refractivity contribution in [3.05, 3.63) is 59.7 Å². The summed E-state index contributed by atoms with van der Waals surface area (Å²) in [5, 5.41) is 2.68. The van der Waals surface area contributed by atoms with E-state index in [-0.39, 0.29) is 29.6 Å². The van der Waals surface area contributed by atoms with Gasteiger partial charge in [-0.3, -0.25) is 14.4 Å². The lowest BCUT2D eigenvalue weighted by molar-refractivity contribution is -0.122. The lowest BCUT2D eigenvalue weighted by Gasteiger charge is -2.16. The van der Waals surface area contributed by atoms with Gasteiger partial charge in [-0.1, -0.05) is 42.8 Å². The van der Waals surface area contributed by atoms with E-state index in [1.807, 2.05) is 31.2 Å². The first-order valence-electron chi connectivity index (χ1n) is 8.68. The van der Waals surface area contributed by atoms with Gasteiger partial charge in [0, 0.05) is 18.5 Å². The van der Waals surface area contributed by atoms with Crippen molar-refractivity contribution in [3.63, 3.8) is 0 Å². The van der Waals surface area contributed by atoms with E-state index in [2.05, 4.69) is 5.32 Å². The van der Waals surface area contributed by atoms with Gasteiger partial charge in [0.1, 0.15) is 0 Å². The van der Waals surface area contributed by atoms with Gasteiger partial charge in [0.15, 0.2) is 0 Å². The van der Waals surface area contributed by atoms with E-state index >= 15 is 0 Å². The van der Waals surface area contributed by atoms with Crippen LogP contribution < -0.4 is 10.2 Å². The molecule has 1 fully saturated rings. The van der Waals surface area contributed by atoms with Crippen molar-refractivity contribution in [3.8, 4) is 0 Å². The van der Waals surface area contributed by atoms with Crippen LogP contribution in [0.4, 0.5) is 11.4 Å². The minimum Gasteiger partial charge on any atom is -0.326 e. The molecular weight excluding hydrogens is 328 g/mol. The quantitative estimate of drug-likeness (QED) is 0.860. The van der Waals surface area contributed by atoms with Crippen LogP contribution in [0.15, 0.2) is 48.5 Å². The van der Waals surface area contributed by atoms with E-state index in [4.69, 9.17) is 0 Å². The molecule has 0 aliphatic carbocycles. The summed E-state index contributed by atoms with van der Waals surface area (Å²) in [5.74, 6) is -1.36. The highest BCUT2D eigenvalue weighted by Crippen LogP contribution is 2.34. The Bertz CT molecular complexity index is 858. The molecule has 1 heterocycles. The fourth-order valence-electron chi connectivity index (χ4n) is 3.29. The fraction of sp³-hybridized carbons (Fsp3) is 0.286. The third-order valence-corrected chi connectivity index (χ3v) is 4.75. The molecule has 5 heteroatoms. The smallest absolute Gasteiger partial charge is 0.238 e. The molecule has 0 spiro atoms. The van der Waals surface area contributed by atoms with Crippen LogP contribution in [0.1, 0.15) is 25.0 Å². The first kappa shape index (κ1) is 17.9. The molecule has 2 atom stereocenters. The van der Waals surface area contributed by atoms with Crippen LogP contribution in [0.25, 0.3) is 0 Å². The molecule has 3 amide bonds. The van der Waals surface area contributed by atoms with Crippen molar-refractivity contribution in [1.82, 2.24) is 0 Å². The number of anilines is 2. The summed E-state index contributed by atoms with van der Waals surface area (Å²) >= 11 is 0. The lowest BCUT2D eigenvalue weighted by Crippen LogP contribution is -2.31. The third kappa shape index (κ3) is 3.52. The van der Waals surface area contributed by atoms with Crippen molar-refractivity contribution in [2.24, 2.45) is 11.8 Å². The molecule has 1 N–H and O–H groups in total. The summed E-state index contributed by atoms with van der Waals surface area (Å²) in [6.45, 7) is 5.23. The molecule has 0 aromatic heterocycles. The molecule has 26 heavy (non-hydrogen) atoms. The van der Waals surface area contributed by atoms with E-state index in [1.165, 1.54) is 11.8 Å². The molecular formula is C21H22N2O3. The Morgan fingerprint density at radius 1 is 1.08 bits per heavy atom. The summed E-state index contributed by atoms with van der Waals surface area (Å²) < 4.78 is 0. The minimum atomic E-state index is -0.381. The van der Waals surface area contributed by atoms with E-state index in [1.54, 1.807) is 31.2 Å². The summed E-state index contributed by atoms with van der Waals surface area (Å²) in [7, 11) is 0. The highest BCUT2D eigenvalue weighted by Gasteiger charge is 2.45. The lowest BCUT2D eigenvalue weighted by atomic mass is 9.90. The van der Waals surface area contributed by atoms with Gasteiger partial charge in [-0.15, -0.1) is 0 Å². The van der Waals surface area contributed by atoms with Gasteiger partial charge in [-0.2, -0.15) is 0 Å². The monoisotopic (exact) mass is 350 g/mol. The Labute approximate surface area is 153 Å². The molecule has 2 aromatic carbocycles. The number of imide groups is 1. The summed E-state index contributed by atoms with van der Waals surface area (Å²) in [6, 6.07) is 14.8. The zero-order chi connectivity index (χ0) is 18.8. The zero-order valence-corrected chi connectivity index (χ0v) is 15.2. The van der Waals surface area contributed by atoms with E-state index in [9.17, 15) is 14.4 Å². The predicted octanol–water partition coefficient (Wildman–Crippen LogP) is 3.32. The third-order valence-electron chi connectivity index (χ3n) is 4.75. The van der Waals surface area contributed by atoms with Crippen LogP contribution in [-0.4, -0.2) is 17.7 Å². The topological polar surface area (TPSA) is 66.5 Å². The predicted molar refractivity (Wildman–Crippen MR) is 101 cm³/mol. The number of benzene rings is 2. The van der Waals surface area contributed by atoms with Gasteiger partial charge in [0.25, 0.3) is 0 Å². The summed E-state index contributed by atoms with van der Waals surface area (Å²) in [5.41, 5.74) is 3.25. The van der Waals surface area contributed by atoms with Crippen molar-refractivity contribution >= 4 is 29.1 Å². The van der Waals surface area contributed by atoms with Crippen LogP contribution in [-0.2, 0) is 20.8 Å². The van der Waals surface area contributed by atoms with E-state index in [0.29, 0.717) is 17.8 Å². The second-order valence-electron chi connectivity index (χ2n) is 6.83. The van der Waals surface area contributed by atoms with Crippen LogP contribution in [0.5, 0.6) is 0 Å².